The van der Waals surface area contributed by atoms with Gasteiger partial charge in [0.15, 0.2) is 0 Å². The lowest BCUT2D eigenvalue weighted by molar-refractivity contribution is 0.353. The third-order valence-electron chi connectivity index (χ3n) is 11.8. The van der Waals surface area contributed by atoms with Crippen molar-refractivity contribution in [1.29, 1.82) is 0 Å². The van der Waals surface area contributed by atoms with Gasteiger partial charge in [0.1, 0.15) is 0 Å². The van der Waals surface area contributed by atoms with Crippen molar-refractivity contribution in [2.45, 2.75) is 37.5 Å². The summed E-state index contributed by atoms with van der Waals surface area (Å²) in [5.41, 5.74) is 14.9. The van der Waals surface area contributed by atoms with E-state index in [0.717, 1.165) is 0 Å². The van der Waals surface area contributed by atoms with Crippen LogP contribution in [0, 0.1) is 0 Å². The van der Waals surface area contributed by atoms with Crippen molar-refractivity contribution < 1.29 is 0 Å². The molecule has 0 amide bonds. The van der Waals surface area contributed by atoms with Crippen molar-refractivity contribution in [2.75, 3.05) is 0 Å². The fraction of sp³-hybridized carbons (Fsp3) is 0.125. The molecule has 2 aliphatic rings. The lowest BCUT2D eigenvalue weighted by Gasteiger charge is -2.36. The van der Waals surface area contributed by atoms with Gasteiger partial charge in [0.25, 0.3) is 0 Å². The predicted octanol–water partition coefficient (Wildman–Crippen LogP) is 13.7. The normalized spacial score (nSPS) is 15.0. The maximum atomic E-state index is 2.60. The molecule has 0 aliphatic heterocycles. The van der Waals surface area contributed by atoms with Gasteiger partial charge in [-0.05, 0) is 112 Å². The van der Waals surface area contributed by atoms with Crippen molar-refractivity contribution in [3.63, 3.8) is 0 Å². The number of para-hydroxylation sites is 1. The number of fused-ring (bicyclic) bond motifs is 11. The minimum atomic E-state index is 0.172. The monoisotopic (exact) mass is 657 g/mol. The average molecular weight is 658 g/mol. The Labute approximate surface area is 296 Å². The molecule has 0 N–H and O–H groups in total. The van der Waals surface area contributed by atoms with Crippen LogP contribution < -0.4 is 0 Å². The molecule has 1 spiro atoms. The molecule has 50 heavy (non-hydrogen) atoms. The molecule has 238 valence electrons. The van der Waals surface area contributed by atoms with Crippen LogP contribution in [-0.4, -0.2) is 4.57 Å². The van der Waals surface area contributed by atoms with Gasteiger partial charge in [0.2, 0.25) is 0 Å². The first-order chi connectivity index (χ1) is 24.7. The Balaban J connectivity index is 1.04. The number of hydrogen-bond donors (Lipinski definition) is 0. The van der Waals surface area contributed by atoms with E-state index in [-0.39, 0.29) is 5.41 Å². The zero-order valence-corrected chi connectivity index (χ0v) is 28.6. The fourth-order valence-electron chi connectivity index (χ4n) is 9.46. The average Bonchev–Trinajstić information content (AvgIpc) is 3.80. The number of benzene rings is 7. The van der Waals surface area contributed by atoms with Crippen LogP contribution in [0.15, 0.2) is 152 Å². The van der Waals surface area contributed by atoms with E-state index in [2.05, 4.69) is 156 Å². The highest BCUT2D eigenvalue weighted by Gasteiger charge is 2.43. The highest BCUT2D eigenvalue weighted by Crippen LogP contribution is 2.57. The molecular weight excluding hydrogens is 623 g/mol. The van der Waals surface area contributed by atoms with Crippen LogP contribution in [0.3, 0.4) is 0 Å². The fourth-order valence-corrected chi connectivity index (χ4v) is 10.6. The Morgan fingerprint density at radius 1 is 0.420 bits per heavy atom. The topological polar surface area (TPSA) is 4.93 Å². The van der Waals surface area contributed by atoms with Crippen LogP contribution >= 0.6 is 11.3 Å². The van der Waals surface area contributed by atoms with Crippen LogP contribution in [0.2, 0.25) is 0 Å². The van der Waals surface area contributed by atoms with Crippen molar-refractivity contribution >= 4 is 53.3 Å². The summed E-state index contributed by atoms with van der Waals surface area (Å²) >= 11 is 1.94. The minimum Gasteiger partial charge on any atom is -0.309 e. The van der Waals surface area contributed by atoms with Gasteiger partial charge in [-0.15, -0.1) is 11.3 Å². The maximum Gasteiger partial charge on any atom is 0.0541 e. The van der Waals surface area contributed by atoms with Gasteiger partial charge >= 0.3 is 0 Å². The summed E-state index contributed by atoms with van der Waals surface area (Å²) in [7, 11) is 0. The van der Waals surface area contributed by atoms with Crippen LogP contribution in [0.4, 0.5) is 0 Å². The highest BCUT2D eigenvalue weighted by molar-refractivity contribution is 7.25. The zero-order valence-electron chi connectivity index (χ0n) is 27.8. The summed E-state index contributed by atoms with van der Waals surface area (Å²) in [6.45, 7) is 0. The van der Waals surface area contributed by atoms with Crippen LogP contribution in [0.5, 0.6) is 0 Å². The summed E-state index contributed by atoms with van der Waals surface area (Å²) in [5.74, 6) is 0. The van der Waals surface area contributed by atoms with Crippen molar-refractivity contribution in [1.82, 2.24) is 4.57 Å². The second-order valence-electron chi connectivity index (χ2n) is 14.4. The lowest BCUT2D eigenvalue weighted by Crippen LogP contribution is -2.27. The number of hydrogen-bond acceptors (Lipinski definition) is 1. The zero-order chi connectivity index (χ0) is 32.8. The summed E-state index contributed by atoms with van der Waals surface area (Å²) in [6, 6.07) is 57.0. The summed E-state index contributed by atoms with van der Waals surface area (Å²) < 4.78 is 5.18. The molecule has 0 unspecified atom stereocenters. The van der Waals surface area contributed by atoms with E-state index in [1.807, 2.05) is 11.3 Å². The first-order valence-electron chi connectivity index (χ1n) is 18.1. The van der Waals surface area contributed by atoms with Gasteiger partial charge in [0.05, 0.1) is 11.0 Å². The van der Waals surface area contributed by atoms with Gasteiger partial charge < -0.3 is 4.57 Å². The standard InChI is InChI=1S/C48H35NS/c1-3-11-31(12-4-1)32-17-21-35(22-18-32)49-44-16-8-6-14-37(44)39-27-33(19-23-45(39)49)34-20-24-46-40(28-34)41-29-43-38(30-47(41)50-46)36-13-5-7-15-42(36)48(43)25-9-2-10-26-48/h1,3-8,11-24,27-30H,2,9-10,25-26H2. The molecule has 2 aromatic heterocycles. The number of aromatic nitrogens is 1. The van der Waals surface area contributed by atoms with Gasteiger partial charge in [-0.2, -0.15) is 0 Å². The van der Waals surface area contributed by atoms with Gasteiger partial charge in [-0.1, -0.05) is 116 Å². The highest BCUT2D eigenvalue weighted by atomic mass is 32.1. The molecule has 1 saturated carbocycles. The van der Waals surface area contributed by atoms with E-state index >= 15 is 0 Å². The van der Waals surface area contributed by atoms with Crippen LogP contribution in [0.25, 0.3) is 81.0 Å². The van der Waals surface area contributed by atoms with E-state index in [1.54, 1.807) is 11.1 Å². The van der Waals surface area contributed by atoms with Crippen molar-refractivity contribution in [3.05, 3.63) is 163 Å². The first kappa shape index (κ1) is 28.4. The van der Waals surface area contributed by atoms with Crippen molar-refractivity contribution in [3.8, 4) is 39.1 Å². The van der Waals surface area contributed by atoms with E-state index in [0.29, 0.717) is 0 Å². The molecule has 2 heteroatoms. The largest absolute Gasteiger partial charge is 0.309 e. The summed E-state index contributed by atoms with van der Waals surface area (Å²) in [4.78, 5) is 0. The molecule has 2 heterocycles. The Morgan fingerprint density at radius 2 is 1.08 bits per heavy atom. The second kappa shape index (κ2) is 10.8. The first-order valence-corrected chi connectivity index (χ1v) is 18.9. The Hall–Kier alpha value is -5.44. The number of thiophene rings is 1. The maximum absolute atomic E-state index is 2.60. The third kappa shape index (κ3) is 4.06. The lowest BCUT2D eigenvalue weighted by atomic mass is 9.68. The Morgan fingerprint density at radius 3 is 1.94 bits per heavy atom. The van der Waals surface area contributed by atoms with E-state index in [1.165, 1.54) is 113 Å². The number of rotatable bonds is 3. The molecule has 11 rings (SSSR count). The van der Waals surface area contributed by atoms with Crippen LogP contribution in [-0.2, 0) is 5.41 Å². The quantitative estimate of drug-likeness (QED) is 0.178. The van der Waals surface area contributed by atoms with Gasteiger partial charge in [-0.25, -0.2) is 0 Å². The minimum absolute atomic E-state index is 0.172. The smallest absolute Gasteiger partial charge is 0.0541 e. The van der Waals surface area contributed by atoms with E-state index in [9.17, 15) is 0 Å². The van der Waals surface area contributed by atoms with Crippen LogP contribution in [0.1, 0.15) is 43.2 Å². The molecule has 1 nitrogen and oxygen atoms in total. The van der Waals surface area contributed by atoms with E-state index in [4.69, 9.17) is 0 Å². The Bertz CT molecular complexity index is 2770. The van der Waals surface area contributed by atoms with E-state index < -0.39 is 0 Å². The second-order valence-corrected chi connectivity index (χ2v) is 15.5. The molecule has 1 fully saturated rings. The Kier molecular flexibility index (Phi) is 6.12. The van der Waals surface area contributed by atoms with Crippen molar-refractivity contribution in [2.24, 2.45) is 0 Å². The van der Waals surface area contributed by atoms with Gasteiger partial charge in [0, 0.05) is 42.0 Å². The molecule has 2 aliphatic carbocycles. The molecular formula is C48H35NS. The molecule has 0 atom stereocenters. The molecule has 9 aromatic rings. The predicted molar refractivity (Wildman–Crippen MR) is 214 cm³/mol. The SMILES string of the molecule is c1ccc(-c2ccc(-n3c4ccccc4c4cc(-c5ccc6sc7cc8c(cc7c6c5)C5(CCCCC5)c5ccccc5-8)ccc43)cc2)cc1. The summed E-state index contributed by atoms with van der Waals surface area (Å²) in [5, 5.41) is 5.37. The molecule has 0 bridgehead atoms. The molecule has 0 radical (unpaired) electrons. The number of nitrogens with zero attached hydrogens (tertiary/aromatic N) is 1. The summed E-state index contributed by atoms with van der Waals surface area (Å²) in [6.07, 6.45) is 6.52. The molecule has 7 aromatic carbocycles. The van der Waals surface area contributed by atoms with Gasteiger partial charge in [-0.3, -0.25) is 0 Å². The third-order valence-corrected chi connectivity index (χ3v) is 12.9. The molecule has 0 saturated heterocycles.